The molecule has 33 heavy (non-hydrogen) atoms. The van der Waals surface area contributed by atoms with Crippen LogP contribution in [-0.4, -0.2) is 49.7 Å². The maximum absolute atomic E-state index is 12.6. The molecule has 3 rings (SSSR count). The van der Waals surface area contributed by atoms with Crippen LogP contribution < -0.4 is 15.0 Å². The first-order valence-electron chi connectivity index (χ1n) is 11.0. The number of nitriles is 1. The van der Waals surface area contributed by atoms with Gasteiger partial charge in [0.25, 0.3) is 0 Å². The number of pyridine rings is 1. The quantitative estimate of drug-likeness (QED) is 0.357. The summed E-state index contributed by atoms with van der Waals surface area (Å²) in [5, 5.41) is 12.1. The third-order valence-electron chi connectivity index (χ3n) is 5.38. The monoisotopic (exact) mass is 448 g/mol. The molecule has 0 spiro atoms. The molecule has 1 fully saturated rings. The molecule has 2 heterocycles. The van der Waals surface area contributed by atoms with Crippen molar-refractivity contribution in [3.8, 4) is 11.8 Å². The lowest BCUT2D eigenvalue weighted by atomic mass is 9.95. The fraction of sp³-hybridized carbons (Fsp3) is 0.360. The smallest absolute Gasteiger partial charge is 0.330 e. The minimum absolute atomic E-state index is 0.0203. The first-order chi connectivity index (χ1) is 16.1. The third-order valence-corrected chi connectivity index (χ3v) is 5.38. The number of rotatable bonds is 9. The lowest BCUT2D eigenvalue weighted by molar-refractivity contribution is -0.137. The molecule has 0 saturated carbocycles. The van der Waals surface area contributed by atoms with Crippen molar-refractivity contribution in [2.45, 2.75) is 19.8 Å². The van der Waals surface area contributed by atoms with E-state index in [1.54, 1.807) is 43.6 Å². The SMILES string of the molecule is CCOC(=O)/C=C/c1ccc(C#N)cc1OCCNC(=O)C1CCN(c2ccncc2)CC1. The summed E-state index contributed by atoms with van der Waals surface area (Å²) in [6, 6.07) is 11.0. The lowest BCUT2D eigenvalue weighted by Crippen LogP contribution is -2.41. The number of benzene rings is 1. The number of amides is 1. The topological polar surface area (TPSA) is 105 Å². The summed E-state index contributed by atoms with van der Waals surface area (Å²) in [7, 11) is 0. The van der Waals surface area contributed by atoms with Gasteiger partial charge in [-0.2, -0.15) is 5.26 Å². The fourth-order valence-electron chi connectivity index (χ4n) is 3.65. The molecule has 0 aliphatic carbocycles. The number of anilines is 1. The van der Waals surface area contributed by atoms with E-state index < -0.39 is 5.97 Å². The van der Waals surface area contributed by atoms with E-state index in [0.29, 0.717) is 30.0 Å². The number of hydrogen-bond acceptors (Lipinski definition) is 7. The van der Waals surface area contributed by atoms with Crippen molar-refractivity contribution in [3.05, 3.63) is 59.9 Å². The minimum atomic E-state index is -0.449. The van der Waals surface area contributed by atoms with Crippen molar-refractivity contribution in [1.29, 1.82) is 5.26 Å². The molecule has 8 nitrogen and oxygen atoms in total. The van der Waals surface area contributed by atoms with Crippen LogP contribution in [0, 0.1) is 17.2 Å². The largest absolute Gasteiger partial charge is 0.491 e. The van der Waals surface area contributed by atoms with Crippen LogP contribution in [0.25, 0.3) is 6.08 Å². The summed E-state index contributed by atoms with van der Waals surface area (Å²) < 4.78 is 10.7. The van der Waals surface area contributed by atoms with Gasteiger partial charge in [0, 0.05) is 48.7 Å². The molecule has 2 aromatic rings. The Morgan fingerprint density at radius 3 is 2.70 bits per heavy atom. The van der Waals surface area contributed by atoms with Gasteiger partial charge in [-0.15, -0.1) is 0 Å². The van der Waals surface area contributed by atoms with E-state index in [-0.39, 0.29) is 18.4 Å². The number of nitrogens with one attached hydrogen (secondary N) is 1. The Kier molecular flexibility index (Phi) is 8.83. The summed E-state index contributed by atoms with van der Waals surface area (Å²) in [5.41, 5.74) is 2.23. The Balaban J connectivity index is 1.47. The van der Waals surface area contributed by atoms with Crippen molar-refractivity contribution in [2.24, 2.45) is 5.92 Å². The van der Waals surface area contributed by atoms with Gasteiger partial charge in [-0.3, -0.25) is 9.78 Å². The highest BCUT2D eigenvalue weighted by atomic mass is 16.5. The minimum Gasteiger partial charge on any atom is -0.491 e. The first-order valence-corrected chi connectivity index (χ1v) is 11.0. The van der Waals surface area contributed by atoms with E-state index in [4.69, 9.17) is 14.7 Å². The van der Waals surface area contributed by atoms with Gasteiger partial charge in [0.15, 0.2) is 0 Å². The molecular weight excluding hydrogens is 420 g/mol. The van der Waals surface area contributed by atoms with Gasteiger partial charge in [-0.25, -0.2) is 4.79 Å². The predicted octanol–water partition coefficient (Wildman–Crippen LogP) is 2.94. The van der Waals surface area contributed by atoms with E-state index in [9.17, 15) is 9.59 Å². The van der Waals surface area contributed by atoms with Crippen LogP contribution in [0.5, 0.6) is 5.75 Å². The standard InChI is InChI=1S/C25H28N4O4/c1-2-32-24(30)6-5-20-4-3-19(18-26)17-23(20)33-16-13-28-25(31)21-9-14-29(15-10-21)22-7-11-27-12-8-22/h3-8,11-12,17,21H,2,9-10,13-16H2,1H3,(H,28,31)/b6-5+. The second kappa shape index (κ2) is 12.2. The van der Waals surface area contributed by atoms with Crippen LogP contribution in [0.2, 0.25) is 0 Å². The molecule has 8 heteroatoms. The predicted molar refractivity (Wildman–Crippen MR) is 125 cm³/mol. The number of hydrogen-bond donors (Lipinski definition) is 1. The van der Waals surface area contributed by atoms with E-state index in [1.165, 1.54) is 6.08 Å². The van der Waals surface area contributed by atoms with E-state index in [0.717, 1.165) is 31.6 Å². The summed E-state index contributed by atoms with van der Waals surface area (Å²) >= 11 is 0. The van der Waals surface area contributed by atoms with Gasteiger partial charge in [0.2, 0.25) is 5.91 Å². The Morgan fingerprint density at radius 2 is 2.00 bits per heavy atom. The first kappa shape index (κ1) is 23.8. The van der Waals surface area contributed by atoms with Crippen molar-refractivity contribution < 1.29 is 19.1 Å². The second-order valence-corrected chi connectivity index (χ2v) is 7.56. The molecule has 0 unspecified atom stereocenters. The zero-order valence-electron chi connectivity index (χ0n) is 18.7. The van der Waals surface area contributed by atoms with Gasteiger partial charge in [0.1, 0.15) is 12.4 Å². The molecule has 1 aliphatic heterocycles. The Labute approximate surface area is 193 Å². The molecule has 1 aromatic carbocycles. The average molecular weight is 449 g/mol. The molecule has 1 aliphatic rings. The van der Waals surface area contributed by atoms with Crippen LogP contribution in [0.15, 0.2) is 48.8 Å². The van der Waals surface area contributed by atoms with Crippen molar-refractivity contribution in [1.82, 2.24) is 10.3 Å². The second-order valence-electron chi connectivity index (χ2n) is 7.56. The summed E-state index contributed by atoms with van der Waals surface area (Å²) in [6.07, 6.45) is 8.04. The number of esters is 1. The third kappa shape index (κ3) is 7.07. The molecule has 0 atom stereocenters. The summed E-state index contributed by atoms with van der Waals surface area (Å²) in [4.78, 5) is 30.5. The Bertz CT molecular complexity index is 1010. The van der Waals surface area contributed by atoms with Crippen LogP contribution in [0.4, 0.5) is 5.69 Å². The number of piperidine rings is 1. The molecular formula is C25H28N4O4. The highest BCUT2D eigenvalue weighted by Crippen LogP contribution is 2.23. The van der Waals surface area contributed by atoms with Crippen LogP contribution in [-0.2, 0) is 14.3 Å². The molecule has 172 valence electrons. The molecule has 1 saturated heterocycles. The van der Waals surface area contributed by atoms with Gasteiger partial charge in [0.05, 0.1) is 24.8 Å². The zero-order chi connectivity index (χ0) is 23.5. The maximum Gasteiger partial charge on any atom is 0.330 e. The van der Waals surface area contributed by atoms with Gasteiger partial charge in [-0.1, -0.05) is 0 Å². The number of carbonyl (C=O) groups excluding carboxylic acids is 2. The number of aromatic nitrogens is 1. The molecule has 0 bridgehead atoms. The number of nitrogens with zero attached hydrogens (tertiary/aromatic N) is 3. The van der Waals surface area contributed by atoms with Crippen LogP contribution in [0.1, 0.15) is 30.9 Å². The zero-order valence-corrected chi connectivity index (χ0v) is 18.7. The van der Waals surface area contributed by atoms with Crippen molar-refractivity contribution in [2.75, 3.05) is 37.7 Å². The van der Waals surface area contributed by atoms with E-state index >= 15 is 0 Å². The average Bonchev–Trinajstić information content (AvgIpc) is 2.86. The van der Waals surface area contributed by atoms with Gasteiger partial charge in [-0.05, 0) is 56.2 Å². The Hall–Kier alpha value is -3.86. The summed E-state index contributed by atoms with van der Waals surface area (Å²) in [6.45, 7) is 4.28. The normalized spacial score (nSPS) is 14.0. The highest BCUT2D eigenvalue weighted by Gasteiger charge is 2.24. The summed E-state index contributed by atoms with van der Waals surface area (Å²) in [5.74, 6) is 0.0267. The van der Waals surface area contributed by atoms with E-state index in [1.807, 2.05) is 12.1 Å². The Morgan fingerprint density at radius 1 is 1.24 bits per heavy atom. The van der Waals surface area contributed by atoms with E-state index in [2.05, 4.69) is 21.3 Å². The van der Waals surface area contributed by atoms with Crippen LogP contribution in [0.3, 0.4) is 0 Å². The lowest BCUT2D eigenvalue weighted by Gasteiger charge is -2.32. The fourth-order valence-corrected chi connectivity index (χ4v) is 3.65. The van der Waals surface area contributed by atoms with Gasteiger partial charge < -0.3 is 19.7 Å². The molecule has 1 amide bonds. The molecule has 1 aromatic heterocycles. The number of carbonyl (C=O) groups is 2. The maximum atomic E-state index is 12.6. The molecule has 0 radical (unpaired) electrons. The van der Waals surface area contributed by atoms with Gasteiger partial charge >= 0.3 is 5.97 Å². The molecule has 1 N–H and O–H groups in total. The van der Waals surface area contributed by atoms with Crippen LogP contribution >= 0.6 is 0 Å². The number of ether oxygens (including phenoxy) is 2. The highest BCUT2D eigenvalue weighted by molar-refractivity contribution is 5.87. The van der Waals surface area contributed by atoms with Crippen molar-refractivity contribution >= 4 is 23.6 Å². The van der Waals surface area contributed by atoms with Crippen molar-refractivity contribution in [3.63, 3.8) is 0 Å².